The van der Waals surface area contributed by atoms with Gasteiger partial charge in [-0.2, -0.15) is 0 Å². The number of hydrogen-bond acceptors (Lipinski definition) is 3. The fourth-order valence-corrected chi connectivity index (χ4v) is 3.23. The summed E-state index contributed by atoms with van der Waals surface area (Å²) in [7, 11) is 0. The van der Waals surface area contributed by atoms with E-state index in [9.17, 15) is 5.11 Å². The highest BCUT2D eigenvalue weighted by atomic mass is 16.3. The Kier molecular flexibility index (Phi) is 5.46. The van der Waals surface area contributed by atoms with Gasteiger partial charge in [0.1, 0.15) is 0 Å². The van der Waals surface area contributed by atoms with Crippen LogP contribution in [0.3, 0.4) is 0 Å². The summed E-state index contributed by atoms with van der Waals surface area (Å²) in [5, 5.41) is 13.6. The van der Waals surface area contributed by atoms with Crippen molar-refractivity contribution in [1.82, 2.24) is 10.2 Å². The van der Waals surface area contributed by atoms with Crippen LogP contribution in [0, 0.1) is 5.92 Å². The molecule has 2 aliphatic rings. The molecule has 0 spiro atoms. The molecule has 2 fully saturated rings. The van der Waals surface area contributed by atoms with Gasteiger partial charge in [0.2, 0.25) is 0 Å². The Morgan fingerprint density at radius 1 is 1.22 bits per heavy atom. The van der Waals surface area contributed by atoms with E-state index < -0.39 is 0 Å². The van der Waals surface area contributed by atoms with E-state index in [-0.39, 0.29) is 6.10 Å². The van der Waals surface area contributed by atoms with Crippen LogP contribution in [0.5, 0.6) is 0 Å². The molecule has 0 aromatic heterocycles. The average Bonchev–Trinajstić information content (AvgIpc) is 3.13. The van der Waals surface area contributed by atoms with E-state index in [1.807, 2.05) is 0 Å². The SMILES string of the molecule is CCCN1CC(CC(O)CC)CC(NC2CC2)C1. The van der Waals surface area contributed by atoms with Crippen molar-refractivity contribution in [3.8, 4) is 0 Å². The van der Waals surface area contributed by atoms with E-state index in [2.05, 4.69) is 24.1 Å². The van der Waals surface area contributed by atoms with Crippen molar-refractivity contribution >= 4 is 0 Å². The topological polar surface area (TPSA) is 35.5 Å². The molecule has 0 radical (unpaired) electrons. The van der Waals surface area contributed by atoms with Crippen LogP contribution < -0.4 is 5.32 Å². The molecule has 3 heteroatoms. The molecular formula is C15H30N2O. The Hall–Kier alpha value is -0.120. The van der Waals surface area contributed by atoms with E-state index in [1.165, 1.54) is 45.3 Å². The number of nitrogens with zero attached hydrogens (tertiary/aromatic N) is 1. The first-order valence-electron chi connectivity index (χ1n) is 7.87. The minimum Gasteiger partial charge on any atom is -0.393 e. The van der Waals surface area contributed by atoms with Crippen LogP contribution >= 0.6 is 0 Å². The molecule has 2 rings (SSSR count). The monoisotopic (exact) mass is 254 g/mol. The summed E-state index contributed by atoms with van der Waals surface area (Å²) in [5.74, 6) is 0.677. The van der Waals surface area contributed by atoms with Gasteiger partial charge in [-0.25, -0.2) is 0 Å². The minimum atomic E-state index is -0.0989. The van der Waals surface area contributed by atoms with Gasteiger partial charge in [0, 0.05) is 25.2 Å². The fraction of sp³-hybridized carbons (Fsp3) is 1.00. The molecule has 0 aromatic rings. The first-order chi connectivity index (χ1) is 8.71. The second-order valence-corrected chi connectivity index (χ2v) is 6.30. The third kappa shape index (κ3) is 4.52. The summed E-state index contributed by atoms with van der Waals surface area (Å²) >= 11 is 0. The molecule has 3 unspecified atom stereocenters. The van der Waals surface area contributed by atoms with Crippen molar-refractivity contribution in [2.24, 2.45) is 5.92 Å². The first-order valence-corrected chi connectivity index (χ1v) is 7.87. The van der Waals surface area contributed by atoms with Crippen LogP contribution in [0.2, 0.25) is 0 Å². The molecule has 0 aromatic carbocycles. The standard InChI is InChI=1S/C15H30N2O/c1-3-7-17-10-12(9-15(18)4-2)8-14(11-17)16-13-5-6-13/h12-16,18H,3-11H2,1-2H3. The maximum atomic E-state index is 9.87. The molecular weight excluding hydrogens is 224 g/mol. The van der Waals surface area contributed by atoms with Gasteiger partial charge in [-0.05, 0) is 51.0 Å². The van der Waals surface area contributed by atoms with Gasteiger partial charge in [-0.1, -0.05) is 13.8 Å². The fourth-order valence-electron chi connectivity index (χ4n) is 3.23. The lowest BCUT2D eigenvalue weighted by Gasteiger charge is -2.39. The van der Waals surface area contributed by atoms with Crippen molar-refractivity contribution in [3.05, 3.63) is 0 Å². The van der Waals surface area contributed by atoms with Crippen molar-refractivity contribution in [2.75, 3.05) is 19.6 Å². The van der Waals surface area contributed by atoms with Crippen LogP contribution in [0.1, 0.15) is 52.4 Å². The zero-order valence-electron chi connectivity index (χ0n) is 12.1. The van der Waals surface area contributed by atoms with Gasteiger partial charge in [0.05, 0.1) is 6.10 Å². The van der Waals surface area contributed by atoms with E-state index >= 15 is 0 Å². The molecule has 106 valence electrons. The van der Waals surface area contributed by atoms with Gasteiger partial charge in [0.15, 0.2) is 0 Å². The molecule has 3 nitrogen and oxygen atoms in total. The van der Waals surface area contributed by atoms with Gasteiger partial charge in [-0.15, -0.1) is 0 Å². The highest BCUT2D eigenvalue weighted by Gasteiger charge is 2.31. The number of aliphatic hydroxyl groups is 1. The van der Waals surface area contributed by atoms with Crippen LogP contribution in [0.25, 0.3) is 0 Å². The lowest BCUT2D eigenvalue weighted by atomic mass is 9.88. The molecule has 18 heavy (non-hydrogen) atoms. The predicted molar refractivity (Wildman–Crippen MR) is 75.7 cm³/mol. The molecule has 1 heterocycles. The zero-order valence-corrected chi connectivity index (χ0v) is 12.1. The quantitative estimate of drug-likeness (QED) is 0.729. The summed E-state index contributed by atoms with van der Waals surface area (Å²) in [4.78, 5) is 2.59. The minimum absolute atomic E-state index is 0.0989. The summed E-state index contributed by atoms with van der Waals surface area (Å²) in [6.07, 6.45) is 7.01. The summed E-state index contributed by atoms with van der Waals surface area (Å²) in [6.45, 7) is 7.95. The molecule has 1 aliphatic carbocycles. The van der Waals surface area contributed by atoms with Gasteiger partial charge >= 0.3 is 0 Å². The maximum Gasteiger partial charge on any atom is 0.0540 e. The Morgan fingerprint density at radius 2 is 2.00 bits per heavy atom. The van der Waals surface area contributed by atoms with Crippen LogP contribution in [0.15, 0.2) is 0 Å². The normalized spacial score (nSPS) is 31.5. The number of rotatable bonds is 7. The number of likely N-dealkylation sites (tertiary alicyclic amines) is 1. The van der Waals surface area contributed by atoms with Crippen molar-refractivity contribution in [2.45, 2.75) is 70.6 Å². The summed E-state index contributed by atoms with van der Waals surface area (Å²) in [5.41, 5.74) is 0. The van der Waals surface area contributed by atoms with E-state index in [0.29, 0.717) is 12.0 Å². The molecule has 3 atom stereocenters. The van der Waals surface area contributed by atoms with Crippen molar-refractivity contribution < 1.29 is 5.11 Å². The highest BCUT2D eigenvalue weighted by Crippen LogP contribution is 2.26. The number of nitrogens with one attached hydrogen (secondary N) is 1. The second-order valence-electron chi connectivity index (χ2n) is 6.30. The van der Waals surface area contributed by atoms with Crippen LogP contribution in [-0.4, -0.2) is 47.8 Å². The largest absolute Gasteiger partial charge is 0.393 e. The second kappa shape index (κ2) is 6.88. The third-order valence-electron chi connectivity index (χ3n) is 4.28. The van der Waals surface area contributed by atoms with E-state index in [1.54, 1.807) is 0 Å². The Morgan fingerprint density at radius 3 is 2.61 bits per heavy atom. The average molecular weight is 254 g/mol. The first kappa shape index (κ1) is 14.3. The molecule has 0 amide bonds. The molecule has 1 saturated carbocycles. The molecule has 2 N–H and O–H groups in total. The summed E-state index contributed by atoms with van der Waals surface area (Å²) < 4.78 is 0. The van der Waals surface area contributed by atoms with Crippen LogP contribution in [0.4, 0.5) is 0 Å². The number of piperidine rings is 1. The lowest BCUT2D eigenvalue weighted by molar-refractivity contribution is 0.0835. The Balaban J connectivity index is 1.83. The Labute approximate surface area is 112 Å². The smallest absolute Gasteiger partial charge is 0.0540 e. The zero-order chi connectivity index (χ0) is 13.0. The molecule has 1 aliphatic heterocycles. The van der Waals surface area contributed by atoms with Crippen LogP contribution in [-0.2, 0) is 0 Å². The van der Waals surface area contributed by atoms with Crippen molar-refractivity contribution in [1.29, 1.82) is 0 Å². The number of aliphatic hydroxyl groups excluding tert-OH is 1. The highest BCUT2D eigenvalue weighted by molar-refractivity contribution is 4.90. The number of hydrogen-bond donors (Lipinski definition) is 2. The van der Waals surface area contributed by atoms with Gasteiger partial charge < -0.3 is 15.3 Å². The van der Waals surface area contributed by atoms with E-state index in [4.69, 9.17) is 0 Å². The third-order valence-corrected chi connectivity index (χ3v) is 4.28. The van der Waals surface area contributed by atoms with Gasteiger partial charge in [0.25, 0.3) is 0 Å². The molecule has 1 saturated heterocycles. The van der Waals surface area contributed by atoms with E-state index in [0.717, 1.165) is 18.9 Å². The summed E-state index contributed by atoms with van der Waals surface area (Å²) in [6, 6.07) is 1.46. The maximum absolute atomic E-state index is 9.87. The molecule has 0 bridgehead atoms. The van der Waals surface area contributed by atoms with Crippen molar-refractivity contribution in [3.63, 3.8) is 0 Å². The lowest BCUT2D eigenvalue weighted by Crippen LogP contribution is -2.50. The van der Waals surface area contributed by atoms with Gasteiger partial charge in [-0.3, -0.25) is 0 Å². The predicted octanol–water partition coefficient (Wildman–Crippen LogP) is 2.00. The Bertz CT molecular complexity index is 243.